The highest BCUT2D eigenvalue weighted by Gasteiger charge is 2.04. The molecule has 2 aromatic rings. The Kier molecular flexibility index (Phi) is 2.43. The van der Waals surface area contributed by atoms with E-state index in [-0.39, 0.29) is 5.91 Å². The summed E-state index contributed by atoms with van der Waals surface area (Å²) in [5.41, 5.74) is 8.41. The van der Waals surface area contributed by atoms with Crippen LogP contribution in [-0.2, 0) is 11.3 Å². The molecule has 1 amide bonds. The molecule has 0 atom stereocenters. The molecule has 78 valence electrons. The Bertz CT molecular complexity index is 502. The van der Waals surface area contributed by atoms with Gasteiger partial charge in [0.2, 0.25) is 5.91 Å². The van der Waals surface area contributed by atoms with E-state index in [9.17, 15) is 4.79 Å². The van der Waals surface area contributed by atoms with Crippen LogP contribution in [0.1, 0.15) is 12.5 Å². The van der Waals surface area contributed by atoms with E-state index in [0.29, 0.717) is 6.54 Å². The van der Waals surface area contributed by atoms with Gasteiger partial charge < -0.3 is 16.0 Å². The summed E-state index contributed by atoms with van der Waals surface area (Å²) in [7, 11) is 0. The molecule has 0 aliphatic carbocycles. The predicted octanol–water partition coefficient (Wildman–Crippen LogP) is 1.58. The average molecular weight is 203 g/mol. The summed E-state index contributed by atoms with van der Waals surface area (Å²) in [4.78, 5) is 14.0. The van der Waals surface area contributed by atoms with Crippen LogP contribution in [0.3, 0.4) is 0 Å². The number of aromatic nitrogens is 1. The molecule has 0 aliphatic rings. The van der Waals surface area contributed by atoms with Crippen molar-refractivity contribution in [2.24, 2.45) is 5.73 Å². The SMILES string of the molecule is CC(=O)Nc1c[nH]c2ccc(CN)cc12. The minimum atomic E-state index is -0.0750. The van der Waals surface area contributed by atoms with Crippen LogP contribution in [0.2, 0.25) is 0 Å². The van der Waals surface area contributed by atoms with Crippen LogP contribution in [0.4, 0.5) is 5.69 Å². The maximum Gasteiger partial charge on any atom is 0.221 e. The molecule has 0 bridgehead atoms. The van der Waals surface area contributed by atoms with E-state index in [1.165, 1.54) is 6.92 Å². The van der Waals surface area contributed by atoms with Gasteiger partial charge in [-0.3, -0.25) is 4.79 Å². The fourth-order valence-electron chi connectivity index (χ4n) is 1.59. The maximum absolute atomic E-state index is 11.0. The van der Waals surface area contributed by atoms with Crippen molar-refractivity contribution >= 4 is 22.5 Å². The molecule has 4 heteroatoms. The van der Waals surface area contributed by atoms with Crippen LogP contribution in [0.5, 0.6) is 0 Å². The van der Waals surface area contributed by atoms with Gasteiger partial charge in [-0.05, 0) is 17.7 Å². The van der Waals surface area contributed by atoms with E-state index < -0.39 is 0 Å². The summed E-state index contributed by atoms with van der Waals surface area (Å²) in [6, 6.07) is 5.91. The number of carbonyl (C=O) groups is 1. The highest BCUT2D eigenvalue weighted by atomic mass is 16.1. The minimum Gasteiger partial charge on any atom is -0.359 e. The van der Waals surface area contributed by atoms with Crippen molar-refractivity contribution in [3.8, 4) is 0 Å². The van der Waals surface area contributed by atoms with Crippen LogP contribution in [0.15, 0.2) is 24.4 Å². The Morgan fingerprint density at radius 3 is 3.00 bits per heavy atom. The molecule has 1 aromatic heterocycles. The third-order valence-corrected chi connectivity index (χ3v) is 2.29. The lowest BCUT2D eigenvalue weighted by Gasteiger charge is -2.01. The van der Waals surface area contributed by atoms with Gasteiger partial charge in [0.1, 0.15) is 0 Å². The average Bonchev–Trinajstić information content (AvgIpc) is 2.60. The first-order chi connectivity index (χ1) is 7.20. The number of amides is 1. The van der Waals surface area contributed by atoms with E-state index in [4.69, 9.17) is 5.73 Å². The standard InChI is InChI=1S/C11H13N3O/c1-7(15)14-11-6-13-10-3-2-8(5-12)4-9(10)11/h2-4,6,13H,5,12H2,1H3,(H,14,15). The lowest BCUT2D eigenvalue weighted by Crippen LogP contribution is -2.05. The molecule has 0 saturated heterocycles. The molecule has 0 radical (unpaired) electrons. The van der Waals surface area contributed by atoms with Crippen molar-refractivity contribution in [2.45, 2.75) is 13.5 Å². The molecule has 2 rings (SSSR count). The molecule has 4 nitrogen and oxygen atoms in total. The summed E-state index contributed by atoms with van der Waals surface area (Å²) in [6.45, 7) is 1.99. The molecule has 0 spiro atoms. The van der Waals surface area contributed by atoms with Gasteiger partial charge in [-0.2, -0.15) is 0 Å². The van der Waals surface area contributed by atoms with E-state index >= 15 is 0 Å². The molecule has 0 aliphatic heterocycles. The van der Waals surface area contributed by atoms with Gasteiger partial charge in [0.25, 0.3) is 0 Å². The molecule has 15 heavy (non-hydrogen) atoms. The molecule has 1 heterocycles. The fraction of sp³-hybridized carbons (Fsp3) is 0.182. The van der Waals surface area contributed by atoms with E-state index in [0.717, 1.165) is 22.2 Å². The third kappa shape index (κ3) is 1.85. The van der Waals surface area contributed by atoms with Crippen molar-refractivity contribution in [1.82, 2.24) is 4.98 Å². The predicted molar refractivity (Wildman–Crippen MR) is 60.5 cm³/mol. The number of rotatable bonds is 2. The monoisotopic (exact) mass is 203 g/mol. The van der Waals surface area contributed by atoms with Crippen molar-refractivity contribution in [3.63, 3.8) is 0 Å². The van der Waals surface area contributed by atoms with Gasteiger partial charge in [-0.15, -0.1) is 0 Å². The summed E-state index contributed by atoms with van der Waals surface area (Å²) < 4.78 is 0. The molecule has 1 aromatic carbocycles. The lowest BCUT2D eigenvalue weighted by molar-refractivity contribution is -0.114. The first-order valence-corrected chi connectivity index (χ1v) is 4.78. The highest BCUT2D eigenvalue weighted by Crippen LogP contribution is 2.23. The van der Waals surface area contributed by atoms with Crippen LogP contribution >= 0.6 is 0 Å². The fourth-order valence-corrected chi connectivity index (χ4v) is 1.59. The summed E-state index contributed by atoms with van der Waals surface area (Å²) in [5.74, 6) is -0.0750. The van der Waals surface area contributed by atoms with Crippen LogP contribution in [-0.4, -0.2) is 10.9 Å². The second-order valence-corrected chi connectivity index (χ2v) is 3.47. The number of fused-ring (bicyclic) bond motifs is 1. The molecule has 4 N–H and O–H groups in total. The highest BCUT2D eigenvalue weighted by molar-refractivity contribution is 6.00. The molecule has 0 fully saturated rings. The van der Waals surface area contributed by atoms with Gasteiger partial charge in [0, 0.05) is 30.6 Å². The number of aromatic amines is 1. The first kappa shape index (κ1) is 9.73. The molecular formula is C11H13N3O. The zero-order valence-electron chi connectivity index (χ0n) is 8.50. The zero-order valence-corrected chi connectivity index (χ0v) is 8.50. The third-order valence-electron chi connectivity index (χ3n) is 2.29. The number of hydrogen-bond donors (Lipinski definition) is 3. The number of nitrogens with two attached hydrogens (primary N) is 1. The van der Waals surface area contributed by atoms with Gasteiger partial charge in [0.05, 0.1) is 5.69 Å². The molecule has 0 unspecified atom stereocenters. The Morgan fingerprint density at radius 1 is 1.53 bits per heavy atom. The van der Waals surface area contributed by atoms with Crippen LogP contribution in [0.25, 0.3) is 10.9 Å². The van der Waals surface area contributed by atoms with Gasteiger partial charge >= 0.3 is 0 Å². The summed E-state index contributed by atoms with van der Waals surface area (Å²) in [6.07, 6.45) is 1.78. The van der Waals surface area contributed by atoms with Crippen molar-refractivity contribution in [2.75, 3.05) is 5.32 Å². The second kappa shape index (κ2) is 3.74. The molecule has 0 saturated carbocycles. The number of hydrogen-bond acceptors (Lipinski definition) is 2. The second-order valence-electron chi connectivity index (χ2n) is 3.47. The van der Waals surface area contributed by atoms with Crippen molar-refractivity contribution < 1.29 is 4.79 Å². The van der Waals surface area contributed by atoms with Gasteiger partial charge in [-0.1, -0.05) is 6.07 Å². The Hall–Kier alpha value is -1.81. The van der Waals surface area contributed by atoms with E-state index in [1.807, 2.05) is 18.2 Å². The van der Waals surface area contributed by atoms with Crippen LogP contribution < -0.4 is 11.1 Å². The van der Waals surface area contributed by atoms with E-state index in [1.54, 1.807) is 6.20 Å². The Labute approximate surface area is 87.5 Å². The normalized spacial score (nSPS) is 10.5. The largest absolute Gasteiger partial charge is 0.359 e. The summed E-state index contributed by atoms with van der Waals surface area (Å²) in [5, 5.41) is 3.76. The number of nitrogens with one attached hydrogen (secondary N) is 2. The number of carbonyl (C=O) groups excluding carboxylic acids is 1. The smallest absolute Gasteiger partial charge is 0.221 e. The van der Waals surface area contributed by atoms with Gasteiger partial charge in [-0.25, -0.2) is 0 Å². The lowest BCUT2D eigenvalue weighted by atomic mass is 10.1. The van der Waals surface area contributed by atoms with Crippen molar-refractivity contribution in [3.05, 3.63) is 30.0 Å². The van der Waals surface area contributed by atoms with Gasteiger partial charge in [0.15, 0.2) is 0 Å². The quantitative estimate of drug-likeness (QED) is 0.693. The Morgan fingerprint density at radius 2 is 2.33 bits per heavy atom. The maximum atomic E-state index is 11.0. The first-order valence-electron chi connectivity index (χ1n) is 4.78. The van der Waals surface area contributed by atoms with E-state index in [2.05, 4.69) is 10.3 Å². The number of anilines is 1. The topological polar surface area (TPSA) is 70.9 Å². The number of H-pyrrole nitrogens is 1. The Balaban J connectivity index is 2.51. The molecular weight excluding hydrogens is 190 g/mol. The minimum absolute atomic E-state index is 0.0750. The zero-order chi connectivity index (χ0) is 10.8. The number of benzene rings is 1. The van der Waals surface area contributed by atoms with Crippen LogP contribution in [0, 0.1) is 0 Å². The summed E-state index contributed by atoms with van der Waals surface area (Å²) >= 11 is 0. The van der Waals surface area contributed by atoms with Crippen molar-refractivity contribution in [1.29, 1.82) is 0 Å².